The fourth-order valence-corrected chi connectivity index (χ4v) is 11.7. The third kappa shape index (κ3) is 1.20. The first kappa shape index (κ1) is 16.0. The van der Waals surface area contributed by atoms with E-state index in [1.165, 1.54) is 128 Å². The monoisotopic (exact) mass is 507 g/mol. The molecule has 0 radical (unpaired) electrons. The number of thiophene rings is 3. The van der Waals surface area contributed by atoms with Crippen LogP contribution in [-0.4, -0.2) is 15.0 Å². The molecule has 36 heavy (non-hydrogen) atoms. The molecule has 0 aliphatic heterocycles. The molecule has 6 aromatic heterocycles. The summed E-state index contributed by atoms with van der Waals surface area (Å²) in [4.78, 5) is 11.2. The van der Waals surface area contributed by atoms with Crippen molar-refractivity contribution in [3.63, 3.8) is 0 Å². The van der Waals surface area contributed by atoms with Crippen molar-refractivity contribution in [2.45, 2.75) is 0 Å². The number of hydrogen-bond donors (Lipinski definition) is 3. The van der Waals surface area contributed by atoms with Gasteiger partial charge in [-0.05, 0) is 0 Å². The summed E-state index contributed by atoms with van der Waals surface area (Å²) in [7, 11) is 0. The number of nitrogens with one attached hydrogen (secondary N) is 3. The Kier molecular flexibility index (Phi) is 1.96. The average molecular weight is 508 g/mol. The summed E-state index contributed by atoms with van der Waals surface area (Å²) in [5.74, 6) is 0. The average Bonchev–Trinajstić information content (AvgIpc) is 3.70. The molecule has 0 atom stereocenters. The highest BCUT2D eigenvalue weighted by Crippen LogP contribution is 2.61. The second-order valence-corrected chi connectivity index (χ2v) is 13.3. The van der Waals surface area contributed by atoms with Crippen LogP contribution in [0.3, 0.4) is 0 Å². The van der Waals surface area contributed by atoms with Gasteiger partial charge in [0.25, 0.3) is 0 Å². The predicted molar refractivity (Wildman–Crippen MR) is 160 cm³/mol. The SMILES string of the molecule is c1[nH]c2c3csc4c5c[nH]c6c7csc8c9c[nH]c%10c%11csc%12c1c2c1c(c34)c(c56)c(c78)c(c9%10)c1c%11%12. The van der Waals surface area contributed by atoms with E-state index in [4.69, 9.17) is 0 Å². The van der Waals surface area contributed by atoms with Crippen molar-refractivity contribution in [1.29, 1.82) is 0 Å². The van der Waals surface area contributed by atoms with Crippen LogP contribution in [0.2, 0.25) is 0 Å². The third-order valence-corrected chi connectivity index (χ3v) is 12.6. The van der Waals surface area contributed by atoms with Crippen molar-refractivity contribution in [1.82, 2.24) is 15.0 Å². The molecule has 0 aliphatic rings. The van der Waals surface area contributed by atoms with E-state index in [0.717, 1.165) is 0 Å². The molecule has 0 bridgehead atoms. The van der Waals surface area contributed by atoms with Crippen LogP contribution in [0, 0.1) is 0 Å². The van der Waals surface area contributed by atoms with Crippen molar-refractivity contribution in [2.24, 2.45) is 0 Å². The zero-order chi connectivity index (χ0) is 22.3. The van der Waals surface area contributed by atoms with Crippen LogP contribution in [0.25, 0.3) is 128 Å². The minimum absolute atomic E-state index is 1.31. The van der Waals surface area contributed by atoms with Crippen molar-refractivity contribution in [2.75, 3.05) is 0 Å². The Balaban J connectivity index is 1.68. The molecular formula is C30H9N3S3. The van der Waals surface area contributed by atoms with Gasteiger partial charge in [-0.2, -0.15) is 0 Å². The van der Waals surface area contributed by atoms with Crippen molar-refractivity contribution >= 4 is 162 Å². The van der Waals surface area contributed by atoms with E-state index < -0.39 is 0 Å². The second-order valence-electron chi connectivity index (χ2n) is 10.7. The molecule has 7 aromatic carbocycles. The highest BCUT2D eigenvalue weighted by molar-refractivity contribution is 7.21. The van der Waals surface area contributed by atoms with Gasteiger partial charge in [-0.25, -0.2) is 0 Å². The van der Waals surface area contributed by atoms with Gasteiger partial charge in [0.05, 0.1) is 16.6 Å². The summed E-state index contributed by atoms with van der Waals surface area (Å²) >= 11 is 5.73. The summed E-state index contributed by atoms with van der Waals surface area (Å²) in [6.07, 6.45) is 6.82. The fraction of sp³-hybridized carbons (Fsp3) is 0. The minimum Gasteiger partial charge on any atom is -0.360 e. The Bertz CT molecular complexity index is 2310. The first-order valence-corrected chi connectivity index (χ1v) is 14.8. The maximum atomic E-state index is 3.75. The summed E-state index contributed by atoms with van der Waals surface area (Å²) in [6.45, 7) is 0. The van der Waals surface area contributed by atoms with Crippen LogP contribution in [0.15, 0.2) is 34.7 Å². The maximum absolute atomic E-state index is 3.75. The molecule has 0 unspecified atom stereocenters. The Morgan fingerprint density at radius 3 is 0.972 bits per heavy atom. The smallest absolute Gasteiger partial charge is 0.0555 e. The van der Waals surface area contributed by atoms with E-state index in [0.29, 0.717) is 0 Å². The molecule has 13 rings (SSSR count). The number of rotatable bonds is 0. The lowest BCUT2D eigenvalue weighted by atomic mass is 9.79. The Labute approximate surface area is 210 Å². The van der Waals surface area contributed by atoms with Crippen LogP contribution in [0.4, 0.5) is 0 Å². The van der Waals surface area contributed by atoms with Gasteiger partial charge >= 0.3 is 0 Å². The number of hydrogen-bond acceptors (Lipinski definition) is 3. The molecule has 0 amide bonds. The molecular weight excluding hydrogens is 499 g/mol. The molecule has 0 spiro atoms. The van der Waals surface area contributed by atoms with E-state index in [1.807, 2.05) is 34.0 Å². The predicted octanol–water partition coefficient (Wildman–Crippen LogP) is 10.3. The van der Waals surface area contributed by atoms with E-state index in [2.05, 4.69) is 49.7 Å². The van der Waals surface area contributed by atoms with Crippen LogP contribution in [-0.2, 0) is 0 Å². The standard InChI is InChI=1S/C30H9N3S3/c1-7-13-19-22-16-11(5-34-28(7)16)26-14-9(3-32-26)30-18-12(6-36-30)27-15-8(2-33-27)29-17(10(4-35-29)25(13)31-1)23(19)21(15)24(18)20(14)22/h1-6,31-33H. The van der Waals surface area contributed by atoms with E-state index in [1.54, 1.807) is 0 Å². The van der Waals surface area contributed by atoms with Crippen LogP contribution < -0.4 is 0 Å². The molecule has 13 aromatic rings. The van der Waals surface area contributed by atoms with Gasteiger partial charge in [0.1, 0.15) is 0 Å². The Morgan fingerprint density at radius 1 is 0.333 bits per heavy atom. The maximum Gasteiger partial charge on any atom is 0.0555 e. The zero-order valence-corrected chi connectivity index (χ0v) is 20.6. The third-order valence-electron chi connectivity index (χ3n) is 9.56. The van der Waals surface area contributed by atoms with Gasteiger partial charge in [-0.1, -0.05) is 0 Å². The number of fused-ring (bicyclic) bond motifs is 6. The Hall–Kier alpha value is -3.84. The Morgan fingerprint density at radius 2 is 0.639 bits per heavy atom. The quantitative estimate of drug-likeness (QED) is 0.135. The van der Waals surface area contributed by atoms with Crippen LogP contribution >= 0.6 is 34.0 Å². The van der Waals surface area contributed by atoms with Gasteiger partial charge < -0.3 is 15.0 Å². The van der Waals surface area contributed by atoms with Crippen molar-refractivity contribution in [3.05, 3.63) is 34.7 Å². The van der Waals surface area contributed by atoms with Crippen LogP contribution in [0.5, 0.6) is 0 Å². The highest BCUT2D eigenvalue weighted by atomic mass is 32.1. The topological polar surface area (TPSA) is 47.4 Å². The first-order chi connectivity index (χ1) is 17.9. The summed E-state index contributed by atoms with van der Waals surface area (Å²) < 4.78 is 4.26. The molecule has 3 N–H and O–H groups in total. The van der Waals surface area contributed by atoms with Crippen LogP contribution in [0.1, 0.15) is 0 Å². The largest absolute Gasteiger partial charge is 0.360 e. The molecule has 6 heterocycles. The molecule has 162 valence electrons. The normalized spacial score (nSPS) is 14.7. The summed E-state index contributed by atoms with van der Waals surface area (Å²) in [5, 5.41) is 33.0. The van der Waals surface area contributed by atoms with Gasteiger partial charge in [-0.3, -0.25) is 0 Å². The minimum atomic E-state index is 1.31. The van der Waals surface area contributed by atoms with Crippen molar-refractivity contribution in [3.8, 4) is 0 Å². The summed E-state index contributed by atoms with van der Waals surface area (Å²) in [5.41, 5.74) is 3.92. The van der Waals surface area contributed by atoms with Gasteiger partial charge in [0.15, 0.2) is 0 Å². The zero-order valence-electron chi connectivity index (χ0n) is 18.2. The first-order valence-electron chi connectivity index (χ1n) is 12.2. The highest BCUT2D eigenvalue weighted by Gasteiger charge is 2.33. The second kappa shape index (κ2) is 4.41. The number of aromatic nitrogens is 3. The molecule has 0 saturated heterocycles. The fourth-order valence-electron chi connectivity index (χ4n) is 8.44. The van der Waals surface area contributed by atoms with Crippen molar-refractivity contribution < 1.29 is 0 Å². The number of benzene rings is 7. The summed E-state index contributed by atoms with van der Waals surface area (Å²) in [6, 6.07) is 0. The van der Waals surface area contributed by atoms with E-state index in [-0.39, 0.29) is 0 Å². The van der Waals surface area contributed by atoms with Gasteiger partial charge in [0, 0.05) is 146 Å². The van der Waals surface area contributed by atoms with E-state index in [9.17, 15) is 0 Å². The van der Waals surface area contributed by atoms with Gasteiger partial charge in [-0.15, -0.1) is 34.0 Å². The lowest BCUT2D eigenvalue weighted by molar-refractivity contribution is 1.51. The van der Waals surface area contributed by atoms with Gasteiger partial charge in [0.2, 0.25) is 0 Å². The molecule has 0 aliphatic carbocycles. The van der Waals surface area contributed by atoms with E-state index >= 15 is 0 Å². The molecule has 3 nitrogen and oxygen atoms in total. The number of H-pyrrole nitrogens is 3. The molecule has 6 heteroatoms. The number of aromatic amines is 3. The lowest BCUT2D eigenvalue weighted by Gasteiger charge is -2.22. The molecule has 0 saturated carbocycles. The molecule has 0 fully saturated rings. The lowest BCUT2D eigenvalue weighted by Crippen LogP contribution is -1.94.